The lowest BCUT2D eigenvalue weighted by Gasteiger charge is -2.24. The highest BCUT2D eigenvalue weighted by Gasteiger charge is 2.29. The molecule has 0 saturated carbocycles. The Hall–Kier alpha value is -3.23. The van der Waals surface area contributed by atoms with Crippen LogP contribution in [0.3, 0.4) is 0 Å². The van der Waals surface area contributed by atoms with E-state index in [-0.39, 0.29) is 12.8 Å². The first-order valence-electron chi connectivity index (χ1n) is 9.63. The molecule has 0 radical (unpaired) electrons. The normalized spacial score (nSPS) is 14.8. The SMILES string of the molecule is C[C@@H](O)[C@H](N)C(=O)N[C@@H](Cc1ccccc1)C(=O)N[C@@H](Cc1ccccc1)C(=O)O. The van der Waals surface area contributed by atoms with Gasteiger partial charge in [-0.15, -0.1) is 0 Å². The first-order valence-corrected chi connectivity index (χ1v) is 9.63. The van der Waals surface area contributed by atoms with E-state index in [4.69, 9.17) is 5.73 Å². The van der Waals surface area contributed by atoms with Crippen molar-refractivity contribution in [1.29, 1.82) is 0 Å². The Morgan fingerprint density at radius 2 is 1.27 bits per heavy atom. The lowest BCUT2D eigenvalue weighted by Crippen LogP contribution is -2.57. The second kappa shape index (κ2) is 11.1. The third-order valence-corrected chi connectivity index (χ3v) is 4.64. The molecule has 160 valence electrons. The largest absolute Gasteiger partial charge is 0.480 e. The van der Waals surface area contributed by atoms with E-state index in [1.165, 1.54) is 6.92 Å². The number of hydrogen-bond acceptors (Lipinski definition) is 5. The van der Waals surface area contributed by atoms with E-state index in [2.05, 4.69) is 10.6 Å². The van der Waals surface area contributed by atoms with E-state index >= 15 is 0 Å². The average Bonchev–Trinajstić information content (AvgIpc) is 2.73. The van der Waals surface area contributed by atoms with Crippen molar-refractivity contribution >= 4 is 17.8 Å². The van der Waals surface area contributed by atoms with E-state index in [0.717, 1.165) is 11.1 Å². The molecule has 0 aromatic heterocycles. The smallest absolute Gasteiger partial charge is 0.326 e. The zero-order valence-electron chi connectivity index (χ0n) is 16.7. The minimum absolute atomic E-state index is 0.0983. The maximum atomic E-state index is 12.9. The molecule has 0 unspecified atom stereocenters. The summed E-state index contributed by atoms with van der Waals surface area (Å²) in [6, 6.07) is 14.5. The number of carbonyl (C=O) groups is 3. The number of hydrogen-bond donors (Lipinski definition) is 5. The highest BCUT2D eigenvalue weighted by atomic mass is 16.4. The van der Waals surface area contributed by atoms with Gasteiger partial charge in [-0.2, -0.15) is 0 Å². The number of aliphatic carboxylic acids is 1. The molecule has 2 aromatic carbocycles. The average molecular weight is 413 g/mol. The van der Waals surface area contributed by atoms with E-state index in [1.54, 1.807) is 48.5 Å². The predicted molar refractivity (Wildman–Crippen MR) is 111 cm³/mol. The summed E-state index contributed by atoms with van der Waals surface area (Å²) in [4.78, 5) is 36.9. The number of rotatable bonds is 10. The van der Waals surface area contributed by atoms with Gasteiger partial charge >= 0.3 is 5.97 Å². The predicted octanol–water partition coefficient (Wildman–Crippen LogP) is 0.234. The summed E-state index contributed by atoms with van der Waals surface area (Å²) >= 11 is 0. The molecule has 0 aliphatic rings. The van der Waals surface area contributed by atoms with Crippen molar-refractivity contribution in [3.05, 3.63) is 71.8 Å². The van der Waals surface area contributed by atoms with Crippen molar-refractivity contribution in [2.75, 3.05) is 0 Å². The van der Waals surface area contributed by atoms with Gasteiger partial charge in [0, 0.05) is 12.8 Å². The van der Waals surface area contributed by atoms with Crippen LogP contribution in [0.2, 0.25) is 0 Å². The van der Waals surface area contributed by atoms with E-state index in [1.807, 2.05) is 12.1 Å². The van der Waals surface area contributed by atoms with Crippen molar-refractivity contribution in [2.24, 2.45) is 5.73 Å². The number of carbonyl (C=O) groups excluding carboxylic acids is 2. The van der Waals surface area contributed by atoms with Crippen LogP contribution >= 0.6 is 0 Å². The Labute approximate surface area is 175 Å². The van der Waals surface area contributed by atoms with E-state index in [0.29, 0.717) is 0 Å². The summed E-state index contributed by atoms with van der Waals surface area (Å²) in [5, 5.41) is 24.1. The third-order valence-electron chi connectivity index (χ3n) is 4.64. The lowest BCUT2D eigenvalue weighted by atomic mass is 10.0. The third kappa shape index (κ3) is 6.98. The standard InChI is InChI=1S/C22H27N3O5/c1-14(26)19(23)21(28)24-17(12-15-8-4-2-5-9-15)20(27)25-18(22(29)30)13-16-10-6-3-7-11-16/h2-11,14,17-19,26H,12-13,23H2,1H3,(H,24,28)(H,25,27)(H,29,30)/t14-,17+,18+,19+/m1/s1. The van der Waals surface area contributed by atoms with Crippen molar-refractivity contribution in [2.45, 2.75) is 44.0 Å². The minimum atomic E-state index is -1.21. The molecule has 0 heterocycles. The molecule has 4 atom stereocenters. The molecule has 6 N–H and O–H groups in total. The summed E-state index contributed by atoms with van der Waals surface area (Å²) in [7, 11) is 0. The van der Waals surface area contributed by atoms with E-state index < -0.39 is 42.0 Å². The van der Waals surface area contributed by atoms with Crippen molar-refractivity contribution < 1.29 is 24.6 Å². The van der Waals surface area contributed by atoms with Crippen LogP contribution in [0.15, 0.2) is 60.7 Å². The molecule has 8 heteroatoms. The van der Waals surface area contributed by atoms with Crippen LogP contribution in [-0.2, 0) is 27.2 Å². The number of aliphatic hydroxyl groups is 1. The zero-order chi connectivity index (χ0) is 22.1. The van der Waals surface area contributed by atoms with Gasteiger partial charge in [0.25, 0.3) is 0 Å². The molecule has 0 saturated heterocycles. The molecule has 0 aliphatic heterocycles. The quantitative estimate of drug-likeness (QED) is 0.378. The summed E-state index contributed by atoms with van der Waals surface area (Å²) in [5.41, 5.74) is 7.20. The molecule has 0 spiro atoms. The second-order valence-electron chi connectivity index (χ2n) is 7.11. The molecule has 2 aromatic rings. The van der Waals surface area contributed by atoms with Crippen molar-refractivity contribution in [3.8, 4) is 0 Å². The van der Waals surface area contributed by atoms with Crippen LogP contribution in [0.1, 0.15) is 18.1 Å². The second-order valence-corrected chi connectivity index (χ2v) is 7.11. The first-order chi connectivity index (χ1) is 14.3. The monoisotopic (exact) mass is 413 g/mol. The Bertz CT molecular complexity index is 842. The van der Waals surface area contributed by atoms with Gasteiger partial charge in [-0.3, -0.25) is 9.59 Å². The van der Waals surface area contributed by atoms with Gasteiger partial charge in [-0.25, -0.2) is 4.79 Å². The summed E-state index contributed by atoms with van der Waals surface area (Å²) in [6.45, 7) is 1.37. The number of benzene rings is 2. The molecule has 2 amide bonds. The summed E-state index contributed by atoms with van der Waals surface area (Å²) < 4.78 is 0. The molecule has 0 aliphatic carbocycles. The van der Waals surface area contributed by atoms with Gasteiger partial charge in [0.15, 0.2) is 0 Å². The molecule has 8 nitrogen and oxygen atoms in total. The fourth-order valence-corrected chi connectivity index (χ4v) is 2.87. The number of nitrogens with one attached hydrogen (secondary N) is 2. The van der Waals surface area contributed by atoms with Gasteiger partial charge in [-0.1, -0.05) is 60.7 Å². The summed E-state index contributed by atoms with van der Waals surface area (Å²) in [5.74, 6) is -2.53. The Morgan fingerprint density at radius 1 is 0.833 bits per heavy atom. The zero-order valence-corrected chi connectivity index (χ0v) is 16.7. The van der Waals surface area contributed by atoms with Crippen molar-refractivity contribution in [3.63, 3.8) is 0 Å². The molecule has 0 fully saturated rings. The van der Waals surface area contributed by atoms with Gasteiger partial charge < -0.3 is 26.6 Å². The number of nitrogens with two attached hydrogens (primary N) is 1. The lowest BCUT2D eigenvalue weighted by molar-refractivity contribution is -0.142. The fraction of sp³-hybridized carbons (Fsp3) is 0.318. The number of aliphatic hydroxyl groups excluding tert-OH is 1. The minimum Gasteiger partial charge on any atom is -0.480 e. The molecule has 2 rings (SSSR count). The van der Waals surface area contributed by atoms with Crippen LogP contribution < -0.4 is 16.4 Å². The van der Waals surface area contributed by atoms with Crippen LogP contribution in [0.4, 0.5) is 0 Å². The molecular formula is C22H27N3O5. The van der Waals surface area contributed by atoms with Gasteiger partial charge in [0.05, 0.1) is 6.10 Å². The van der Waals surface area contributed by atoms with Gasteiger partial charge in [-0.05, 0) is 18.1 Å². The van der Waals surface area contributed by atoms with Crippen LogP contribution in [0.5, 0.6) is 0 Å². The Balaban J connectivity index is 2.16. The van der Waals surface area contributed by atoms with Gasteiger partial charge in [0.2, 0.25) is 11.8 Å². The van der Waals surface area contributed by atoms with E-state index in [9.17, 15) is 24.6 Å². The topological polar surface area (TPSA) is 142 Å². The number of amides is 2. The number of carboxylic acid groups (broad SMARTS) is 1. The van der Waals surface area contributed by atoms with Gasteiger partial charge in [0.1, 0.15) is 18.1 Å². The summed E-state index contributed by atoms with van der Waals surface area (Å²) in [6.07, 6.45) is -0.862. The van der Waals surface area contributed by atoms with Crippen molar-refractivity contribution in [1.82, 2.24) is 10.6 Å². The fourth-order valence-electron chi connectivity index (χ4n) is 2.87. The van der Waals surface area contributed by atoms with Crippen LogP contribution in [0.25, 0.3) is 0 Å². The maximum absolute atomic E-state index is 12.9. The highest BCUT2D eigenvalue weighted by Crippen LogP contribution is 2.07. The molecular weight excluding hydrogens is 386 g/mol. The Morgan fingerprint density at radius 3 is 1.70 bits per heavy atom. The Kier molecular flexibility index (Phi) is 8.52. The number of carboxylic acids is 1. The van der Waals surface area contributed by atoms with Crippen LogP contribution in [0, 0.1) is 0 Å². The molecule has 0 bridgehead atoms. The molecule has 30 heavy (non-hydrogen) atoms. The highest BCUT2D eigenvalue weighted by molar-refractivity contribution is 5.92. The van der Waals surface area contributed by atoms with Crippen LogP contribution in [-0.4, -0.2) is 52.2 Å². The first kappa shape index (κ1) is 23.1. The maximum Gasteiger partial charge on any atom is 0.326 e.